The Balaban J connectivity index is 2.09. The van der Waals surface area contributed by atoms with Crippen molar-refractivity contribution in [1.82, 2.24) is 0 Å². The van der Waals surface area contributed by atoms with Crippen molar-refractivity contribution in [3.63, 3.8) is 0 Å². The van der Waals surface area contributed by atoms with Gasteiger partial charge in [-0.3, -0.25) is 0 Å². The van der Waals surface area contributed by atoms with Crippen LogP contribution in [0.2, 0.25) is 0 Å². The average Bonchev–Trinajstić information content (AvgIpc) is 2.48. The molecule has 0 amide bonds. The Morgan fingerprint density at radius 1 is 1.24 bits per heavy atom. The van der Waals surface area contributed by atoms with E-state index in [0.717, 1.165) is 31.1 Å². The van der Waals surface area contributed by atoms with Crippen molar-refractivity contribution in [2.75, 3.05) is 30.3 Å². The molecule has 0 aliphatic carbocycles. The monoisotopic (exact) mass is 294 g/mol. The highest BCUT2D eigenvalue weighted by molar-refractivity contribution is 5.70. The van der Waals surface area contributed by atoms with Gasteiger partial charge in [0.15, 0.2) is 11.6 Å². The van der Waals surface area contributed by atoms with Crippen molar-refractivity contribution in [3.05, 3.63) is 17.9 Å². The second-order valence-corrected chi connectivity index (χ2v) is 5.91. The summed E-state index contributed by atoms with van der Waals surface area (Å²) in [7, 11) is 0. The fourth-order valence-corrected chi connectivity index (χ4v) is 3.03. The first kappa shape index (κ1) is 15.9. The maximum Gasteiger partial charge on any atom is 0.167 e. The number of piperidine rings is 1. The Hall–Kier alpha value is -1.45. The van der Waals surface area contributed by atoms with Crippen molar-refractivity contribution < 1.29 is 9.13 Å². The van der Waals surface area contributed by atoms with Crippen LogP contribution in [0.4, 0.5) is 15.8 Å². The molecule has 0 aromatic heterocycles. The van der Waals surface area contributed by atoms with Gasteiger partial charge in [-0.1, -0.05) is 26.7 Å². The van der Waals surface area contributed by atoms with Crippen LogP contribution in [0.25, 0.3) is 0 Å². The van der Waals surface area contributed by atoms with E-state index in [2.05, 4.69) is 11.8 Å². The van der Waals surface area contributed by atoms with Crippen LogP contribution in [0.1, 0.15) is 46.0 Å². The first-order valence-corrected chi connectivity index (χ1v) is 8.12. The van der Waals surface area contributed by atoms with Gasteiger partial charge in [-0.15, -0.1) is 0 Å². The number of nitrogens with zero attached hydrogens (tertiary/aromatic N) is 1. The Kier molecular flexibility index (Phi) is 5.71. The van der Waals surface area contributed by atoms with Crippen molar-refractivity contribution in [2.24, 2.45) is 5.92 Å². The lowest BCUT2D eigenvalue weighted by atomic mass is 9.92. The summed E-state index contributed by atoms with van der Waals surface area (Å²) in [6, 6.07) is 3.15. The summed E-state index contributed by atoms with van der Waals surface area (Å²) in [5, 5.41) is 0. The van der Waals surface area contributed by atoms with Gasteiger partial charge in [0.1, 0.15) is 0 Å². The quantitative estimate of drug-likeness (QED) is 0.799. The highest BCUT2D eigenvalue weighted by atomic mass is 19.1. The summed E-state index contributed by atoms with van der Waals surface area (Å²) in [6.45, 7) is 6.76. The number of rotatable bonds is 6. The van der Waals surface area contributed by atoms with E-state index < -0.39 is 0 Å². The summed E-state index contributed by atoms with van der Waals surface area (Å²) >= 11 is 0. The molecular formula is C17H27FN2O. The summed E-state index contributed by atoms with van der Waals surface area (Å²) in [4.78, 5) is 2.26. The van der Waals surface area contributed by atoms with Crippen LogP contribution in [0, 0.1) is 11.7 Å². The van der Waals surface area contributed by atoms with Crippen LogP contribution >= 0.6 is 0 Å². The Morgan fingerprint density at radius 3 is 2.57 bits per heavy atom. The lowest BCUT2D eigenvalue weighted by Gasteiger charge is -2.34. The molecule has 118 valence electrons. The number of hydrogen-bond acceptors (Lipinski definition) is 3. The minimum Gasteiger partial charge on any atom is -0.490 e. The van der Waals surface area contributed by atoms with Crippen molar-refractivity contribution in [3.8, 4) is 5.75 Å². The molecule has 2 rings (SSSR count). The number of nitrogens with two attached hydrogens (primary N) is 1. The zero-order valence-electron chi connectivity index (χ0n) is 13.2. The summed E-state index contributed by atoms with van der Waals surface area (Å²) in [5.74, 6) is 0.769. The molecule has 2 N–H and O–H groups in total. The molecule has 1 aliphatic heterocycles. The third-order valence-electron chi connectivity index (χ3n) is 4.20. The molecule has 0 unspecified atom stereocenters. The van der Waals surface area contributed by atoms with Gasteiger partial charge in [0.25, 0.3) is 0 Å². The number of ether oxygens (including phenoxy) is 1. The molecule has 1 saturated heterocycles. The smallest absolute Gasteiger partial charge is 0.167 e. The molecule has 0 radical (unpaired) electrons. The van der Waals surface area contributed by atoms with Gasteiger partial charge in [-0.05, 0) is 25.2 Å². The van der Waals surface area contributed by atoms with E-state index in [1.807, 2.05) is 6.92 Å². The molecule has 0 saturated carbocycles. The molecule has 1 aromatic carbocycles. The van der Waals surface area contributed by atoms with E-state index in [0.29, 0.717) is 18.0 Å². The largest absolute Gasteiger partial charge is 0.490 e. The lowest BCUT2D eigenvalue weighted by Crippen LogP contribution is -2.34. The van der Waals surface area contributed by atoms with E-state index in [4.69, 9.17) is 10.5 Å². The van der Waals surface area contributed by atoms with Crippen molar-refractivity contribution >= 4 is 11.4 Å². The zero-order valence-corrected chi connectivity index (χ0v) is 13.2. The summed E-state index contributed by atoms with van der Waals surface area (Å²) < 4.78 is 19.3. The van der Waals surface area contributed by atoms with Gasteiger partial charge in [0.05, 0.1) is 18.0 Å². The zero-order chi connectivity index (χ0) is 15.2. The molecule has 4 heteroatoms. The van der Waals surface area contributed by atoms with Gasteiger partial charge in [-0.2, -0.15) is 0 Å². The fraction of sp³-hybridized carbons (Fsp3) is 0.647. The second-order valence-electron chi connectivity index (χ2n) is 5.91. The minimum absolute atomic E-state index is 0.316. The number of hydrogen-bond donors (Lipinski definition) is 1. The SMILES string of the molecule is CCCOc1cc(N2CCC(CCC)CC2)c(N)cc1F. The first-order chi connectivity index (χ1) is 10.2. The Bertz CT molecular complexity index is 456. The van der Waals surface area contributed by atoms with Gasteiger partial charge >= 0.3 is 0 Å². The highest BCUT2D eigenvalue weighted by Gasteiger charge is 2.21. The lowest BCUT2D eigenvalue weighted by molar-refractivity contribution is 0.301. The topological polar surface area (TPSA) is 38.5 Å². The van der Waals surface area contributed by atoms with Crippen LogP contribution in [-0.4, -0.2) is 19.7 Å². The third kappa shape index (κ3) is 4.02. The molecule has 1 fully saturated rings. The molecule has 0 bridgehead atoms. The van der Waals surface area contributed by atoms with E-state index in [9.17, 15) is 4.39 Å². The van der Waals surface area contributed by atoms with Crippen LogP contribution in [0.3, 0.4) is 0 Å². The van der Waals surface area contributed by atoms with Gasteiger partial charge < -0.3 is 15.4 Å². The second kappa shape index (κ2) is 7.53. The maximum atomic E-state index is 13.9. The molecule has 0 spiro atoms. The Labute approximate surface area is 127 Å². The third-order valence-corrected chi connectivity index (χ3v) is 4.20. The molecule has 0 atom stereocenters. The van der Waals surface area contributed by atoms with Crippen LogP contribution < -0.4 is 15.4 Å². The van der Waals surface area contributed by atoms with E-state index in [1.54, 1.807) is 6.07 Å². The van der Waals surface area contributed by atoms with Crippen LogP contribution in [0.15, 0.2) is 12.1 Å². The van der Waals surface area contributed by atoms with Crippen molar-refractivity contribution in [2.45, 2.75) is 46.0 Å². The summed E-state index contributed by atoms with van der Waals surface area (Å²) in [6.07, 6.45) is 5.79. The number of nitrogen functional groups attached to an aromatic ring is 1. The van der Waals surface area contributed by atoms with Crippen LogP contribution in [-0.2, 0) is 0 Å². The number of anilines is 2. The molecular weight excluding hydrogens is 267 g/mol. The van der Waals surface area contributed by atoms with E-state index in [-0.39, 0.29) is 5.82 Å². The number of benzene rings is 1. The standard InChI is InChI=1S/C17H27FN2O/c1-3-5-13-6-8-20(9-7-13)16-12-17(21-10-4-2)14(18)11-15(16)19/h11-13H,3-10,19H2,1-2H3. The predicted octanol–water partition coefficient (Wildman–Crippen LogP) is 4.21. The molecule has 1 aromatic rings. The normalized spacial score (nSPS) is 16.2. The molecule has 3 nitrogen and oxygen atoms in total. The van der Waals surface area contributed by atoms with Gasteiger partial charge in [0.2, 0.25) is 0 Å². The van der Waals surface area contributed by atoms with Crippen molar-refractivity contribution in [1.29, 1.82) is 0 Å². The summed E-state index contributed by atoms with van der Waals surface area (Å²) in [5.41, 5.74) is 7.43. The molecule has 1 aliphatic rings. The van der Waals surface area contributed by atoms with E-state index >= 15 is 0 Å². The minimum atomic E-state index is -0.370. The highest BCUT2D eigenvalue weighted by Crippen LogP contribution is 2.34. The fourth-order valence-electron chi connectivity index (χ4n) is 3.03. The predicted molar refractivity (Wildman–Crippen MR) is 86.4 cm³/mol. The first-order valence-electron chi connectivity index (χ1n) is 8.12. The van der Waals surface area contributed by atoms with Gasteiger partial charge in [-0.25, -0.2) is 4.39 Å². The Morgan fingerprint density at radius 2 is 1.95 bits per heavy atom. The molecule has 1 heterocycles. The van der Waals surface area contributed by atoms with Crippen LogP contribution in [0.5, 0.6) is 5.75 Å². The maximum absolute atomic E-state index is 13.9. The molecule has 21 heavy (non-hydrogen) atoms. The van der Waals surface area contributed by atoms with Gasteiger partial charge in [0, 0.05) is 25.2 Å². The average molecular weight is 294 g/mol. The number of halogens is 1. The van der Waals surface area contributed by atoms with E-state index in [1.165, 1.54) is 31.7 Å².